The van der Waals surface area contributed by atoms with Crippen LogP contribution in [0.1, 0.15) is 27.0 Å². The molecule has 2 N–H and O–H groups in total. The van der Waals surface area contributed by atoms with Crippen LogP contribution in [0, 0.1) is 0 Å². The van der Waals surface area contributed by atoms with Gasteiger partial charge in [0.05, 0.1) is 23.9 Å². The maximum Gasteiger partial charge on any atom is 0.345 e. The molecule has 1 amide bonds. The lowest BCUT2D eigenvalue weighted by atomic mass is 9.85. The molecule has 0 heterocycles. The molecule has 0 spiro atoms. The molecule has 0 saturated carbocycles. The van der Waals surface area contributed by atoms with Crippen LogP contribution in [0.2, 0.25) is 5.02 Å². The lowest BCUT2D eigenvalue weighted by Gasteiger charge is -2.27. The van der Waals surface area contributed by atoms with E-state index in [-0.39, 0.29) is 22.1 Å². The van der Waals surface area contributed by atoms with Gasteiger partial charge in [0.15, 0.2) is 17.1 Å². The number of carbonyl (C=O) groups excluding carboxylic acids is 2. The third-order valence-electron chi connectivity index (χ3n) is 5.58. The fourth-order valence-corrected chi connectivity index (χ4v) is 3.88. The second-order valence-corrected chi connectivity index (χ2v) is 8.33. The summed E-state index contributed by atoms with van der Waals surface area (Å²) >= 11 is 6.08. The van der Waals surface area contributed by atoms with Crippen molar-refractivity contribution in [2.24, 2.45) is 5.10 Å². The quantitative estimate of drug-likeness (QED) is 0.150. The molecular formula is C29H23ClN2O5. The molecule has 0 aromatic heterocycles. The van der Waals surface area contributed by atoms with E-state index in [1.54, 1.807) is 103 Å². The SMILES string of the molecule is COc1cc(C=NNC(=O)C(O)(c2ccccc2)c2ccccc2)ccc1OC(=O)c1ccccc1Cl. The van der Waals surface area contributed by atoms with Gasteiger partial charge in [-0.2, -0.15) is 5.10 Å². The van der Waals surface area contributed by atoms with Gasteiger partial charge in [-0.1, -0.05) is 84.4 Å². The third kappa shape index (κ3) is 5.69. The molecular weight excluding hydrogens is 492 g/mol. The zero-order chi connectivity index (χ0) is 26.3. The standard InChI is InChI=1S/C29H23ClN2O5/c1-36-26-18-20(16-17-25(26)37-27(33)23-14-8-9-15-24(23)30)19-31-32-28(34)29(35,21-10-4-2-5-11-21)22-12-6-3-7-13-22/h2-19,35H,1H3,(H,32,34). The lowest BCUT2D eigenvalue weighted by Crippen LogP contribution is -2.43. The first-order valence-corrected chi connectivity index (χ1v) is 11.6. The van der Waals surface area contributed by atoms with Gasteiger partial charge in [0.1, 0.15) is 0 Å². The number of ether oxygens (including phenoxy) is 2. The van der Waals surface area contributed by atoms with Gasteiger partial charge in [0.2, 0.25) is 0 Å². The number of benzene rings is 4. The van der Waals surface area contributed by atoms with E-state index in [9.17, 15) is 14.7 Å². The van der Waals surface area contributed by atoms with E-state index >= 15 is 0 Å². The Kier molecular flexibility index (Phi) is 7.98. The molecule has 8 heteroatoms. The summed E-state index contributed by atoms with van der Waals surface area (Å²) in [6.07, 6.45) is 1.39. The van der Waals surface area contributed by atoms with E-state index in [2.05, 4.69) is 10.5 Å². The summed E-state index contributed by atoms with van der Waals surface area (Å²) in [4.78, 5) is 25.7. The van der Waals surface area contributed by atoms with Crippen molar-refractivity contribution in [3.8, 4) is 11.5 Å². The van der Waals surface area contributed by atoms with Crippen LogP contribution in [-0.2, 0) is 10.4 Å². The highest BCUT2D eigenvalue weighted by molar-refractivity contribution is 6.33. The highest BCUT2D eigenvalue weighted by atomic mass is 35.5. The number of carbonyl (C=O) groups is 2. The Morgan fingerprint density at radius 3 is 2.05 bits per heavy atom. The van der Waals surface area contributed by atoms with Crippen LogP contribution in [0.25, 0.3) is 0 Å². The molecule has 0 atom stereocenters. The summed E-state index contributed by atoms with van der Waals surface area (Å²) in [5, 5.41) is 15.8. The average molecular weight is 515 g/mol. The molecule has 37 heavy (non-hydrogen) atoms. The predicted octanol–water partition coefficient (Wildman–Crippen LogP) is 4.95. The van der Waals surface area contributed by atoms with Gasteiger partial charge in [0.25, 0.3) is 5.91 Å². The molecule has 0 radical (unpaired) electrons. The van der Waals surface area contributed by atoms with Crippen LogP contribution in [-0.4, -0.2) is 30.3 Å². The van der Waals surface area contributed by atoms with Crippen molar-refractivity contribution in [2.75, 3.05) is 7.11 Å². The monoisotopic (exact) mass is 514 g/mol. The molecule has 0 fully saturated rings. The van der Waals surface area contributed by atoms with E-state index < -0.39 is 17.5 Å². The average Bonchev–Trinajstić information content (AvgIpc) is 2.94. The van der Waals surface area contributed by atoms with Crippen LogP contribution in [0.15, 0.2) is 108 Å². The molecule has 0 saturated heterocycles. The van der Waals surface area contributed by atoms with E-state index in [0.29, 0.717) is 16.7 Å². The summed E-state index contributed by atoms with van der Waals surface area (Å²) in [6, 6.07) is 28.6. The summed E-state index contributed by atoms with van der Waals surface area (Å²) in [5.74, 6) is -0.881. The second-order valence-electron chi connectivity index (χ2n) is 7.92. The number of aliphatic hydroxyl groups is 1. The molecule has 4 aromatic rings. The minimum atomic E-state index is -1.95. The van der Waals surface area contributed by atoms with Crippen molar-refractivity contribution in [3.05, 3.63) is 130 Å². The number of nitrogens with one attached hydrogen (secondary N) is 1. The minimum absolute atomic E-state index is 0.191. The van der Waals surface area contributed by atoms with E-state index in [4.69, 9.17) is 21.1 Å². The summed E-state index contributed by atoms with van der Waals surface area (Å²) < 4.78 is 10.8. The lowest BCUT2D eigenvalue weighted by molar-refractivity contribution is -0.136. The first kappa shape index (κ1) is 25.6. The first-order chi connectivity index (χ1) is 17.9. The van der Waals surface area contributed by atoms with Crippen LogP contribution >= 0.6 is 11.6 Å². The van der Waals surface area contributed by atoms with Crippen LogP contribution in [0.3, 0.4) is 0 Å². The number of hydrogen-bond acceptors (Lipinski definition) is 6. The largest absolute Gasteiger partial charge is 0.493 e. The summed E-state index contributed by atoms with van der Waals surface area (Å²) in [6.45, 7) is 0. The normalized spacial score (nSPS) is 11.2. The Labute approximate surface area is 218 Å². The first-order valence-electron chi connectivity index (χ1n) is 11.2. The number of hydrogen-bond donors (Lipinski definition) is 2. The molecule has 186 valence electrons. The Bertz CT molecular complexity index is 1390. The van der Waals surface area contributed by atoms with Crippen molar-refractivity contribution >= 4 is 29.7 Å². The van der Waals surface area contributed by atoms with Gasteiger partial charge in [-0.15, -0.1) is 0 Å². The highest BCUT2D eigenvalue weighted by Gasteiger charge is 2.39. The van der Waals surface area contributed by atoms with E-state index in [1.807, 2.05) is 0 Å². The van der Waals surface area contributed by atoms with Crippen molar-refractivity contribution in [2.45, 2.75) is 5.60 Å². The zero-order valence-electron chi connectivity index (χ0n) is 19.8. The third-order valence-corrected chi connectivity index (χ3v) is 5.91. The Balaban J connectivity index is 1.51. The van der Waals surface area contributed by atoms with Gasteiger partial charge in [-0.3, -0.25) is 4.79 Å². The van der Waals surface area contributed by atoms with E-state index in [1.165, 1.54) is 13.3 Å². The molecule has 7 nitrogen and oxygen atoms in total. The maximum atomic E-state index is 13.1. The molecule has 4 rings (SSSR count). The predicted molar refractivity (Wildman–Crippen MR) is 141 cm³/mol. The Hall–Kier alpha value is -4.46. The smallest absolute Gasteiger partial charge is 0.345 e. The molecule has 0 bridgehead atoms. The van der Waals surface area contributed by atoms with Crippen molar-refractivity contribution in [1.82, 2.24) is 5.43 Å². The topological polar surface area (TPSA) is 97.2 Å². The Morgan fingerprint density at radius 1 is 0.865 bits per heavy atom. The summed E-state index contributed by atoms with van der Waals surface area (Å²) in [5.41, 5.74) is 2.06. The molecule has 0 aliphatic carbocycles. The number of methoxy groups -OCH3 is 1. The number of esters is 1. The van der Waals surface area contributed by atoms with Gasteiger partial charge in [-0.25, -0.2) is 10.2 Å². The fraction of sp³-hybridized carbons (Fsp3) is 0.0690. The van der Waals surface area contributed by atoms with Crippen molar-refractivity contribution in [3.63, 3.8) is 0 Å². The number of rotatable bonds is 8. The van der Waals surface area contributed by atoms with Crippen LogP contribution in [0.5, 0.6) is 11.5 Å². The zero-order valence-corrected chi connectivity index (χ0v) is 20.6. The van der Waals surface area contributed by atoms with Crippen molar-refractivity contribution < 1.29 is 24.2 Å². The van der Waals surface area contributed by atoms with Crippen LogP contribution < -0.4 is 14.9 Å². The second kappa shape index (κ2) is 11.5. The van der Waals surface area contributed by atoms with Gasteiger partial charge >= 0.3 is 5.97 Å². The van der Waals surface area contributed by atoms with E-state index in [0.717, 1.165) is 0 Å². The van der Waals surface area contributed by atoms with Crippen molar-refractivity contribution in [1.29, 1.82) is 0 Å². The fourth-order valence-electron chi connectivity index (χ4n) is 3.66. The number of hydrazone groups is 1. The highest BCUT2D eigenvalue weighted by Crippen LogP contribution is 2.31. The molecule has 4 aromatic carbocycles. The van der Waals surface area contributed by atoms with Crippen LogP contribution in [0.4, 0.5) is 0 Å². The number of amides is 1. The Morgan fingerprint density at radius 2 is 1.46 bits per heavy atom. The number of nitrogens with zero attached hydrogens (tertiary/aromatic N) is 1. The van der Waals surface area contributed by atoms with Gasteiger partial charge in [0, 0.05) is 0 Å². The minimum Gasteiger partial charge on any atom is -0.493 e. The number of halogens is 1. The van der Waals surface area contributed by atoms with Gasteiger partial charge in [-0.05, 0) is 47.0 Å². The molecule has 0 aliphatic rings. The van der Waals surface area contributed by atoms with Gasteiger partial charge < -0.3 is 14.6 Å². The maximum absolute atomic E-state index is 13.1. The summed E-state index contributed by atoms with van der Waals surface area (Å²) in [7, 11) is 1.44. The molecule has 0 aliphatic heterocycles. The molecule has 0 unspecified atom stereocenters.